The van der Waals surface area contributed by atoms with Crippen molar-refractivity contribution in [2.45, 2.75) is 50.8 Å². The van der Waals surface area contributed by atoms with Gasteiger partial charge in [0.05, 0.1) is 9.92 Å². The summed E-state index contributed by atoms with van der Waals surface area (Å²) in [5.41, 5.74) is 2.88. The summed E-state index contributed by atoms with van der Waals surface area (Å²) in [6, 6.07) is 8.35. The minimum Gasteiger partial charge on any atom is -0.482 e. The Morgan fingerprint density at radius 3 is 2.28 bits per heavy atom. The summed E-state index contributed by atoms with van der Waals surface area (Å²) in [4.78, 5) is 12.7. The highest BCUT2D eigenvalue weighted by atomic mass is 79.9. The van der Waals surface area contributed by atoms with Gasteiger partial charge in [-0.2, -0.15) is 4.31 Å². The summed E-state index contributed by atoms with van der Waals surface area (Å²) in [5, 5.41) is 3.10. The number of amides is 1. The average Bonchev–Trinajstić information content (AvgIpc) is 2.79. The molecule has 1 heterocycles. The Hall–Kier alpha value is -1.61. The first-order valence-electron chi connectivity index (χ1n) is 10.8. The lowest BCUT2D eigenvalue weighted by Gasteiger charge is -2.26. The first-order valence-corrected chi connectivity index (χ1v) is 13.4. The van der Waals surface area contributed by atoms with E-state index in [9.17, 15) is 13.2 Å². The summed E-state index contributed by atoms with van der Waals surface area (Å²) in [6.07, 6.45) is 4.33. The van der Waals surface area contributed by atoms with Crippen molar-refractivity contribution < 1.29 is 17.9 Å². The molecule has 0 aromatic heterocycles. The van der Waals surface area contributed by atoms with Gasteiger partial charge < -0.3 is 10.1 Å². The van der Waals surface area contributed by atoms with Crippen molar-refractivity contribution in [1.82, 2.24) is 4.31 Å². The van der Waals surface area contributed by atoms with Crippen molar-refractivity contribution in [3.05, 3.63) is 51.0 Å². The molecule has 1 N–H and O–H groups in total. The minimum atomic E-state index is -3.58. The van der Waals surface area contributed by atoms with E-state index in [0.29, 0.717) is 13.1 Å². The Morgan fingerprint density at radius 2 is 1.72 bits per heavy atom. The first kappa shape index (κ1) is 25.0. The van der Waals surface area contributed by atoms with Gasteiger partial charge in [0.2, 0.25) is 10.0 Å². The monoisotopic (exact) mass is 542 g/mol. The van der Waals surface area contributed by atoms with Gasteiger partial charge in [-0.15, -0.1) is 0 Å². The predicted molar refractivity (Wildman–Crippen MR) is 131 cm³/mol. The molecule has 0 unspecified atom stereocenters. The van der Waals surface area contributed by atoms with Crippen LogP contribution in [0.25, 0.3) is 0 Å². The molecule has 0 aliphatic carbocycles. The maximum Gasteiger partial charge on any atom is 0.262 e. The van der Waals surface area contributed by atoms with Crippen molar-refractivity contribution in [2.24, 2.45) is 0 Å². The van der Waals surface area contributed by atoms with Crippen LogP contribution < -0.4 is 10.1 Å². The normalized spacial score (nSPS) is 14.9. The molecular weight excluding hydrogens is 516 g/mol. The van der Waals surface area contributed by atoms with E-state index in [-0.39, 0.29) is 28.2 Å². The standard InChI is InChI=1S/C23H28BrClN2O4S/c1-3-16-12-18(24)13-17(4-2)23(16)26-22(28)15-31-21-9-8-19(14-20(21)25)32(29,30)27-10-6-5-7-11-27/h8-9,12-14H,3-7,10-11,15H2,1-2H3,(H,26,28). The van der Waals surface area contributed by atoms with E-state index >= 15 is 0 Å². The van der Waals surface area contributed by atoms with E-state index in [1.54, 1.807) is 0 Å². The molecule has 0 atom stereocenters. The van der Waals surface area contributed by atoms with Gasteiger partial charge in [-0.05, 0) is 67.1 Å². The molecular formula is C23H28BrClN2O4S. The maximum atomic E-state index is 12.8. The molecule has 0 saturated carbocycles. The maximum absolute atomic E-state index is 12.8. The van der Waals surface area contributed by atoms with Crippen LogP contribution in [0.5, 0.6) is 5.75 Å². The molecule has 9 heteroatoms. The first-order chi connectivity index (χ1) is 15.3. The Labute approximate surface area is 203 Å². The fraction of sp³-hybridized carbons (Fsp3) is 0.435. The lowest BCUT2D eigenvalue weighted by Crippen LogP contribution is -2.35. The average molecular weight is 544 g/mol. The summed E-state index contributed by atoms with van der Waals surface area (Å²) >= 11 is 9.80. The van der Waals surface area contributed by atoms with Crippen molar-refractivity contribution in [1.29, 1.82) is 0 Å². The number of aryl methyl sites for hydroxylation is 2. The van der Waals surface area contributed by atoms with E-state index in [1.165, 1.54) is 22.5 Å². The number of ether oxygens (including phenoxy) is 1. The number of hydrogen-bond acceptors (Lipinski definition) is 4. The van der Waals surface area contributed by atoms with Crippen molar-refractivity contribution in [3.63, 3.8) is 0 Å². The summed E-state index contributed by atoms with van der Waals surface area (Å²) in [5.74, 6) is -0.0422. The van der Waals surface area contributed by atoms with Crippen LogP contribution >= 0.6 is 27.5 Å². The quantitative estimate of drug-likeness (QED) is 0.482. The van der Waals surface area contributed by atoms with Crippen molar-refractivity contribution >= 4 is 49.1 Å². The van der Waals surface area contributed by atoms with Crippen LogP contribution in [0.2, 0.25) is 5.02 Å². The SMILES string of the molecule is CCc1cc(Br)cc(CC)c1NC(=O)COc1ccc(S(=O)(=O)N2CCCCC2)cc1Cl. The van der Waals surface area contributed by atoms with E-state index in [2.05, 4.69) is 21.2 Å². The van der Waals surface area contributed by atoms with E-state index in [0.717, 1.165) is 53.4 Å². The second-order valence-corrected chi connectivity index (χ2v) is 11.0. The Morgan fingerprint density at radius 1 is 1.09 bits per heavy atom. The smallest absolute Gasteiger partial charge is 0.262 e. The number of carbonyl (C=O) groups is 1. The number of benzene rings is 2. The van der Waals surface area contributed by atoms with Gasteiger partial charge >= 0.3 is 0 Å². The summed E-state index contributed by atoms with van der Waals surface area (Å²) in [7, 11) is -3.58. The summed E-state index contributed by atoms with van der Waals surface area (Å²) < 4.78 is 33.7. The van der Waals surface area contributed by atoms with Gasteiger partial charge in [0.1, 0.15) is 5.75 Å². The van der Waals surface area contributed by atoms with Crippen LogP contribution in [0.15, 0.2) is 39.7 Å². The lowest BCUT2D eigenvalue weighted by atomic mass is 10.0. The number of halogens is 2. The third-order valence-electron chi connectivity index (χ3n) is 5.51. The van der Waals surface area contributed by atoms with E-state index in [4.69, 9.17) is 16.3 Å². The van der Waals surface area contributed by atoms with E-state index in [1.807, 2.05) is 26.0 Å². The molecule has 32 heavy (non-hydrogen) atoms. The minimum absolute atomic E-state index is 0.135. The molecule has 1 fully saturated rings. The number of nitrogens with zero attached hydrogens (tertiary/aromatic N) is 1. The molecule has 1 aliphatic rings. The van der Waals surface area contributed by atoms with Crippen LogP contribution in [-0.4, -0.2) is 38.3 Å². The van der Waals surface area contributed by atoms with Crippen LogP contribution in [-0.2, 0) is 27.7 Å². The predicted octanol–water partition coefficient (Wildman–Crippen LogP) is 5.42. The number of sulfonamides is 1. The zero-order valence-corrected chi connectivity index (χ0v) is 21.4. The van der Waals surface area contributed by atoms with Gasteiger partial charge in [-0.3, -0.25) is 4.79 Å². The van der Waals surface area contributed by atoms with Gasteiger partial charge in [0, 0.05) is 23.2 Å². The zero-order chi connectivity index (χ0) is 23.3. The molecule has 2 aromatic carbocycles. The van der Waals surface area contributed by atoms with Gasteiger partial charge in [-0.1, -0.05) is 47.8 Å². The van der Waals surface area contributed by atoms with Crippen LogP contribution in [0, 0.1) is 0 Å². The number of anilines is 1. The van der Waals surface area contributed by atoms with Crippen molar-refractivity contribution in [3.8, 4) is 5.75 Å². The highest BCUT2D eigenvalue weighted by molar-refractivity contribution is 9.10. The van der Waals surface area contributed by atoms with Crippen LogP contribution in [0.3, 0.4) is 0 Å². The molecule has 3 rings (SSSR count). The van der Waals surface area contributed by atoms with Crippen molar-refractivity contribution in [2.75, 3.05) is 25.0 Å². The summed E-state index contributed by atoms with van der Waals surface area (Å²) in [6.45, 7) is 4.88. The molecule has 2 aromatic rings. The van der Waals surface area contributed by atoms with Gasteiger partial charge in [0.15, 0.2) is 6.61 Å². The third kappa shape index (κ3) is 5.84. The lowest BCUT2D eigenvalue weighted by molar-refractivity contribution is -0.118. The Bertz CT molecular complexity index is 1060. The number of hydrogen-bond donors (Lipinski definition) is 1. The van der Waals surface area contributed by atoms with Gasteiger partial charge in [0.25, 0.3) is 5.91 Å². The molecule has 0 radical (unpaired) electrons. The molecule has 0 spiro atoms. The number of rotatable bonds is 8. The highest BCUT2D eigenvalue weighted by Gasteiger charge is 2.26. The fourth-order valence-corrected chi connectivity index (χ4v) is 6.17. The van der Waals surface area contributed by atoms with Crippen LogP contribution in [0.4, 0.5) is 5.69 Å². The Kier molecular flexibility index (Phi) is 8.61. The largest absolute Gasteiger partial charge is 0.482 e. The topological polar surface area (TPSA) is 75.7 Å². The fourth-order valence-electron chi connectivity index (χ4n) is 3.78. The molecule has 1 aliphatic heterocycles. The molecule has 0 bridgehead atoms. The molecule has 1 saturated heterocycles. The molecule has 1 amide bonds. The second-order valence-electron chi connectivity index (χ2n) is 7.70. The van der Waals surface area contributed by atoms with Gasteiger partial charge in [-0.25, -0.2) is 8.42 Å². The molecule has 174 valence electrons. The highest BCUT2D eigenvalue weighted by Crippen LogP contribution is 2.30. The molecule has 6 nitrogen and oxygen atoms in total. The number of nitrogens with one attached hydrogen (secondary N) is 1. The third-order valence-corrected chi connectivity index (χ3v) is 8.16. The second kappa shape index (κ2) is 11.0. The Balaban J connectivity index is 1.68. The van der Waals surface area contributed by atoms with Crippen LogP contribution in [0.1, 0.15) is 44.2 Å². The zero-order valence-electron chi connectivity index (χ0n) is 18.3. The number of piperidine rings is 1. The number of carbonyl (C=O) groups excluding carboxylic acids is 1. The van der Waals surface area contributed by atoms with E-state index < -0.39 is 10.0 Å².